The van der Waals surface area contributed by atoms with Gasteiger partial charge in [0, 0.05) is 56.0 Å². The minimum Gasteiger partial charge on any atom is -0.366 e. The standard InChI is InChI=1S/C36H35F4N5O4S/c1-24(46)25-10-15-29(16-11-25)50(48,49)45-18-4-7-33(45)34(47)17-14-28-23-31(26-8-12-27(13-9-26)36(38,39)40)42-35(41-28)44-21-19-43(20-22-44)32-6-3-2-5-30(32)37/h2-3,5-6,8-13,15-16,23,33H,4,7,14,17-22H2,1H3/t33-/m0/s1. The van der Waals surface area contributed by atoms with Crippen LogP contribution in [0.2, 0.25) is 0 Å². The van der Waals surface area contributed by atoms with Crippen LogP contribution >= 0.6 is 0 Å². The van der Waals surface area contributed by atoms with Crippen molar-refractivity contribution in [2.24, 2.45) is 0 Å². The fourth-order valence-electron chi connectivity index (χ4n) is 6.35. The van der Waals surface area contributed by atoms with Gasteiger partial charge in [0.05, 0.1) is 27.9 Å². The van der Waals surface area contributed by atoms with Gasteiger partial charge < -0.3 is 9.80 Å². The highest BCUT2D eigenvalue weighted by Crippen LogP contribution is 2.32. The van der Waals surface area contributed by atoms with Gasteiger partial charge in [-0.05, 0) is 68.7 Å². The molecular formula is C36H35F4N5O4S. The van der Waals surface area contributed by atoms with Crippen LogP contribution in [0, 0.1) is 5.82 Å². The van der Waals surface area contributed by atoms with Crippen LogP contribution in [0.4, 0.5) is 29.2 Å². The molecule has 50 heavy (non-hydrogen) atoms. The van der Waals surface area contributed by atoms with Crippen molar-refractivity contribution in [1.29, 1.82) is 0 Å². The summed E-state index contributed by atoms with van der Waals surface area (Å²) in [4.78, 5) is 38.5. The lowest BCUT2D eigenvalue weighted by Gasteiger charge is -2.36. The van der Waals surface area contributed by atoms with Crippen molar-refractivity contribution in [3.63, 3.8) is 0 Å². The van der Waals surface area contributed by atoms with E-state index < -0.39 is 27.8 Å². The number of hydrogen-bond acceptors (Lipinski definition) is 8. The van der Waals surface area contributed by atoms with E-state index in [1.54, 1.807) is 24.3 Å². The molecule has 0 aliphatic carbocycles. The number of carbonyl (C=O) groups excluding carboxylic acids is 2. The molecule has 2 saturated heterocycles. The van der Waals surface area contributed by atoms with E-state index in [1.165, 1.54) is 53.7 Å². The van der Waals surface area contributed by atoms with Gasteiger partial charge in [0.15, 0.2) is 11.6 Å². The molecule has 3 aromatic carbocycles. The second-order valence-electron chi connectivity index (χ2n) is 12.4. The van der Waals surface area contributed by atoms with Gasteiger partial charge >= 0.3 is 6.18 Å². The summed E-state index contributed by atoms with van der Waals surface area (Å²) >= 11 is 0. The quantitative estimate of drug-likeness (QED) is 0.142. The van der Waals surface area contributed by atoms with E-state index in [2.05, 4.69) is 4.98 Å². The molecule has 0 saturated carbocycles. The maximum atomic E-state index is 14.4. The first-order chi connectivity index (χ1) is 23.8. The highest BCUT2D eigenvalue weighted by Gasteiger charge is 2.39. The van der Waals surface area contributed by atoms with Gasteiger partial charge in [-0.15, -0.1) is 0 Å². The number of hydrogen-bond donors (Lipinski definition) is 0. The van der Waals surface area contributed by atoms with E-state index in [-0.39, 0.29) is 41.7 Å². The monoisotopic (exact) mass is 709 g/mol. The molecule has 6 rings (SSSR count). The zero-order valence-electron chi connectivity index (χ0n) is 27.2. The van der Waals surface area contributed by atoms with Gasteiger partial charge in [0.25, 0.3) is 0 Å². The number of nitrogens with zero attached hydrogens (tertiary/aromatic N) is 5. The third-order valence-corrected chi connectivity index (χ3v) is 11.0. The minimum atomic E-state index is -4.50. The van der Waals surface area contributed by atoms with Crippen molar-refractivity contribution in [2.45, 2.75) is 49.7 Å². The van der Waals surface area contributed by atoms with E-state index in [4.69, 9.17) is 4.98 Å². The largest absolute Gasteiger partial charge is 0.416 e. The summed E-state index contributed by atoms with van der Waals surface area (Å²) in [6.07, 6.45) is -3.51. The Labute approximate surface area is 287 Å². The van der Waals surface area contributed by atoms with Crippen LogP contribution in [-0.4, -0.2) is 73.0 Å². The summed E-state index contributed by atoms with van der Waals surface area (Å²) in [6.45, 7) is 3.43. The van der Waals surface area contributed by atoms with Crippen LogP contribution in [0.1, 0.15) is 47.8 Å². The fraction of sp³-hybridized carbons (Fsp3) is 0.333. The van der Waals surface area contributed by atoms with Crippen LogP contribution in [0.3, 0.4) is 0 Å². The summed E-state index contributed by atoms with van der Waals surface area (Å²) in [7, 11) is -4.00. The average molecular weight is 710 g/mol. The molecule has 4 aromatic rings. The van der Waals surface area contributed by atoms with Crippen molar-refractivity contribution in [2.75, 3.05) is 42.5 Å². The highest BCUT2D eigenvalue weighted by molar-refractivity contribution is 7.89. The number of sulfonamides is 1. The molecular weight excluding hydrogens is 674 g/mol. The van der Waals surface area contributed by atoms with Crippen LogP contribution in [0.15, 0.2) is 83.8 Å². The molecule has 0 radical (unpaired) electrons. The zero-order chi connectivity index (χ0) is 35.6. The van der Waals surface area contributed by atoms with E-state index in [9.17, 15) is 35.6 Å². The summed E-state index contributed by atoms with van der Waals surface area (Å²) in [5, 5.41) is 0. The third-order valence-electron chi connectivity index (χ3n) is 9.10. The Morgan fingerprint density at radius 3 is 2.16 bits per heavy atom. The number of carbonyl (C=O) groups is 2. The van der Waals surface area contributed by atoms with Crippen molar-refractivity contribution in [3.05, 3.63) is 102 Å². The second kappa shape index (κ2) is 14.3. The molecule has 0 amide bonds. The number of alkyl halides is 3. The number of rotatable bonds is 10. The van der Waals surface area contributed by atoms with Crippen LogP contribution < -0.4 is 9.80 Å². The Morgan fingerprint density at radius 2 is 1.52 bits per heavy atom. The first kappa shape index (κ1) is 35.1. The average Bonchev–Trinajstić information content (AvgIpc) is 3.62. The summed E-state index contributed by atoms with van der Waals surface area (Å²) in [5.74, 6) is -0.464. The molecule has 1 atom stereocenters. The van der Waals surface area contributed by atoms with E-state index in [0.29, 0.717) is 73.2 Å². The maximum absolute atomic E-state index is 14.4. The topological polar surface area (TPSA) is 104 Å². The number of anilines is 2. The van der Waals surface area contributed by atoms with Gasteiger partial charge in [0.2, 0.25) is 16.0 Å². The SMILES string of the molecule is CC(=O)c1ccc(S(=O)(=O)N2CCC[C@H]2C(=O)CCc2cc(-c3ccc(C(F)(F)F)cc3)nc(N3CCN(c4ccccc4F)CC3)n2)cc1. The Kier molecular flexibility index (Phi) is 10.0. The molecule has 0 unspecified atom stereocenters. The van der Waals surface area contributed by atoms with Crippen LogP contribution in [0.25, 0.3) is 11.3 Å². The summed E-state index contributed by atoms with van der Waals surface area (Å²) in [5.41, 5.74) is 1.36. The normalized spacial score (nSPS) is 17.3. The van der Waals surface area contributed by atoms with E-state index in [0.717, 1.165) is 12.1 Å². The van der Waals surface area contributed by atoms with E-state index >= 15 is 0 Å². The smallest absolute Gasteiger partial charge is 0.366 e. The number of halogens is 4. The molecule has 14 heteroatoms. The molecule has 1 aromatic heterocycles. The predicted molar refractivity (Wildman–Crippen MR) is 180 cm³/mol. The Bertz CT molecular complexity index is 1980. The number of aryl methyl sites for hydroxylation is 1. The minimum absolute atomic E-state index is 0.000995. The predicted octanol–water partition coefficient (Wildman–Crippen LogP) is 6.19. The number of ketones is 2. The van der Waals surface area contributed by atoms with Crippen molar-refractivity contribution in [3.8, 4) is 11.3 Å². The van der Waals surface area contributed by atoms with Gasteiger partial charge in [-0.1, -0.05) is 36.4 Å². The van der Waals surface area contributed by atoms with Crippen LogP contribution in [0.5, 0.6) is 0 Å². The fourth-order valence-corrected chi connectivity index (χ4v) is 8.03. The molecule has 9 nitrogen and oxygen atoms in total. The van der Waals surface area contributed by atoms with Gasteiger partial charge in [-0.2, -0.15) is 17.5 Å². The number of Topliss-reactive ketones (excluding diaryl/α,β-unsaturated/α-hetero) is 2. The lowest BCUT2D eigenvalue weighted by Crippen LogP contribution is -2.47. The third kappa shape index (κ3) is 7.55. The maximum Gasteiger partial charge on any atom is 0.416 e. The Hall–Kier alpha value is -4.69. The number of benzene rings is 3. The lowest BCUT2D eigenvalue weighted by molar-refractivity contribution is -0.137. The summed E-state index contributed by atoms with van der Waals surface area (Å²) in [6, 6.07) is 17.5. The zero-order valence-corrected chi connectivity index (χ0v) is 28.1. The number of piperazine rings is 1. The molecule has 2 aliphatic rings. The lowest BCUT2D eigenvalue weighted by atomic mass is 10.0. The second-order valence-corrected chi connectivity index (χ2v) is 14.3. The first-order valence-corrected chi connectivity index (χ1v) is 17.7. The molecule has 0 N–H and O–H groups in total. The van der Waals surface area contributed by atoms with Crippen molar-refractivity contribution in [1.82, 2.24) is 14.3 Å². The first-order valence-electron chi connectivity index (χ1n) is 16.3. The van der Waals surface area contributed by atoms with Gasteiger partial charge in [0.1, 0.15) is 5.82 Å². The number of aromatic nitrogens is 2. The molecule has 2 aliphatic heterocycles. The Balaban J connectivity index is 1.22. The van der Waals surface area contributed by atoms with E-state index in [1.807, 2.05) is 9.80 Å². The molecule has 262 valence electrons. The molecule has 3 heterocycles. The van der Waals surface area contributed by atoms with Crippen LogP contribution in [-0.2, 0) is 27.4 Å². The summed E-state index contributed by atoms with van der Waals surface area (Å²) < 4.78 is 82.5. The molecule has 0 bridgehead atoms. The van der Waals surface area contributed by atoms with Gasteiger partial charge in [-0.3, -0.25) is 9.59 Å². The van der Waals surface area contributed by atoms with Crippen molar-refractivity contribution >= 4 is 33.2 Å². The van der Waals surface area contributed by atoms with Gasteiger partial charge in [-0.25, -0.2) is 22.8 Å². The molecule has 2 fully saturated rings. The Morgan fingerprint density at radius 1 is 0.860 bits per heavy atom. The highest BCUT2D eigenvalue weighted by atomic mass is 32.2. The molecule has 0 spiro atoms. The van der Waals surface area contributed by atoms with Crippen molar-refractivity contribution < 1.29 is 35.6 Å². The number of para-hydroxylation sites is 1.